The summed E-state index contributed by atoms with van der Waals surface area (Å²) in [5, 5.41) is 1.40. The van der Waals surface area contributed by atoms with Gasteiger partial charge in [-0.25, -0.2) is 14.5 Å². The molecule has 0 radical (unpaired) electrons. The number of ether oxygens (including phenoxy) is 2. The third-order valence-corrected chi connectivity index (χ3v) is 7.41. The summed E-state index contributed by atoms with van der Waals surface area (Å²) in [5.41, 5.74) is 2.68. The fourth-order valence-electron chi connectivity index (χ4n) is 5.17. The van der Waals surface area contributed by atoms with E-state index in [4.69, 9.17) is 9.47 Å². The lowest BCUT2D eigenvalue weighted by Gasteiger charge is -2.14. The second-order valence-electron chi connectivity index (χ2n) is 9.74. The molecule has 0 aliphatic carbocycles. The van der Waals surface area contributed by atoms with E-state index in [1.165, 1.54) is 19.2 Å². The van der Waals surface area contributed by atoms with Gasteiger partial charge >= 0.3 is 11.9 Å². The number of fused-ring (bicyclic) bond motifs is 3. The summed E-state index contributed by atoms with van der Waals surface area (Å²) in [7, 11) is 1.29. The lowest BCUT2D eigenvalue weighted by Crippen LogP contribution is -2.33. The van der Waals surface area contributed by atoms with Crippen molar-refractivity contribution in [3.63, 3.8) is 0 Å². The number of nitrogens with zero attached hydrogens (tertiary/aromatic N) is 2. The van der Waals surface area contributed by atoms with Gasteiger partial charge in [0.25, 0.3) is 23.6 Å². The molecule has 4 amide bonds. The predicted octanol–water partition coefficient (Wildman–Crippen LogP) is 4.32. The zero-order valence-electron chi connectivity index (χ0n) is 22.5. The summed E-state index contributed by atoms with van der Waals surface area (Å²) in [6.07, 6.45) is 0. The van der Waals surface area contributed by atoms with E-state index >= 15 is 0 Å². The van der Waals surface area contributed by atoms with Gasteiger partial charge in [-0.15, -0.1) is 0 Å². The van der Waals surface area contributed by atoms with Crippen LogP contribution < -0.4 is 0 Å². The Morgan fingerprint density at radius 2 is 1.07 bits per heavy atom. The molecule has 2 heterocycles. The molecule has 10 heteroatoms. The molecule has 2 aliphatic heterocycles. The Morgan fingerprint density at radius 3 is 1.60 bits per heavy atom. The van der Waals surface area contributed by atoms with Crippen LogP contribution in [0.5, 0.6) is 0 Å². The van der Waals surface area contributed by atoms with Crippen molar-refractivity contribution in [2.24, 2.45) is 0 Å². The SMILES string of the molecule is CCN1C(=O)c2ccc(-c3ccc4c(c3)C(=O)N(COC(=O)c3ccc5cc(C(=O)OC)ccc5c3)C4=O)cc2C1=O. The van der Waals surface area contributed by atoms with Gasteiger partial charge in [0.2, 0.25) is 0 Å². The molecule has 10 nitrogen and oxygen atoms in total. The minimum Gasteiger partial charge on any atom is -0.465 e. The van der Waals surface area contributed by atoms with Gasteiger partial charge in [-0.05, 0) is 77.4 Å². The van der Waals surface area contributed by atoms with E-state index in [0.29, 0.717) is 33.0 Å². The maximum Gasteiger partial charge on any atom is 0.339 e. The Hall–Kier alpha value is -5.64. The molecule has 0 aromatic heterocycles. The molecule has 0 saturated heterocycles. The summed E-state index contributed by atoms with van der Waals surface area (Å²) in [4.78, 5) is 77.8. The number of hydrogen-bond acceptors (Lipinski definition) is 8. The van der Waals surface area contributed by atoms with Crippen LogP contribution in [-0.2, 0) is 9.47 Å². The maximum atomic E-state index is 13.2. The average molecular weight is 563 g/mol. The van der Waals surface area contributed by atoms with Crippen molar-refractivity contribution in [1.29, 1.82) is 0 Å². The first-order valence-corrected chi connectivity index (χ1v) is 13.0. The van der Waals surface area contributed by atoms with Crippen LogP contribution in [0.4, 0.5) is 0 Å². The number of hydrogen-bond donors (Lipinski definition) is 0. The maximum absolute atomic E-state index is 13.2. The predicted molar refractivity (Wildman–Crippen MR) is 149 cm³/mol. The molecule has 0 N–H and O–H groups in total. The van der Waals surface area contributed by atoms with E-state index in [9.17, 15) is 28.8 Å². The Balaban J connectivity index is 1.18. The molecule has 208 valence electrons. The number of rotatable bonds is 6. The summed E-state index contributed by atoms with van der Waals surface area (Å²) < 4.78 is 10.0. The first-order chi connectivity index (χ1) is 20.2. The third kappa shape index (κ3) is 4.21. The minimum absolute atomic E-state index is 0.138. The number of benzene rings is 4. The minimum atomic E-state index is -0.732. The highest BCUT2D eigenvalue weighted by molar-refractivity contribution is 6.23. The Labute approximate surface area is 239 Å². The highest BCUT2D eigenvalue weighted by Gasteiger charge is 2.37. The molecule has 4 aromatic rings. The third-order valence-electron chi connectivity index (χ3n) is 7.41. The van der Waals surface area contributed by atoms with Crippen molar-refractivity contribution in [2.75, 3.05) is 20.4 Å². The van der Waals surface area contributed by atoms with Gasteiger partial charge < -0.3 is 9.47 Å². The molecular formula is C32H22N2O8. The molecule has 0 bridgehead atoms. The molecule has 0 atom stereocenters. The fraction of sp³-hybridized carbons (Fsp3) is 0.125. The number of imide groups is 2. The molecule has 2 aliphatic rings. The molecule has 0 unspecified atom stereocenters. The smallest absolute Gasteiger partial charge is 0.339 e. The zero-order valence-corrected chi connectivity index (χ0v) is 22.5. The Morgan fingerprint density at radius 1 is 0.595 bits per heavy atom. The van der Waals surface area contributed by atoms with Crippen molar-refractivity contribution >= 4 is 46.3 Å². The van der Waals surface area contributed by atoms with Gasteiger partial charge in [-0.3, -0.25) is 24.1 Å². The van der Waals surface area contributed by atoms with Crippen molar-refractivity contribution < 1.29 is 38.2 Å². The van der Waals surface area contributed by atoms with Crippen molar-refractivity contribution in [3.05, 3.63) is 106 Å². The molecule has 0 spiro atoms. The number of methoxy groups -OCH3 is 1. The van der Waals surface area contributed by atoms with E-state index in [-0.39, 0.29) is 40.6 Å². The molecular weight excluding hydrogens is 540 g/mol. The van der Waals surface area contributed by atoms with Gasteiger partial charge in [-0.1, -0.05) is 24.3 Å². The highest BCUT2D eigenvalue weighted by atomic mass is 16.5. The lowest BCUT2D eigenvalue weighted by atomic mass is 9.97. The summed E-state index contributed by atoms with van der Waals surface area (Å²) in [6.45, 7) is 1.40. The molecule has 6 rings (SSSR count). The van der Waals surface area contributed by atoms with Crippen LogP contribution in [0.15, 0.2) is 72.8 Å². The van der Waals surface area contributed by atoms with Crippen LogP contribution in [0.1, 0.15) is 69.1 Å². The monoisotopic (exact) mass is 562 g/mol. The van der Waals surface area contributed by atoms with Crippen molar-refractivity contribution in [2.45, 2.75) is 6.92 Å². The van der Waals surface area contributed by atoms with E-state index < -0.39 is 30.5 Å². The summed E-state index contributed by atoms with van der Waals surface area (Å²) in [5.74, 6) is -3.16. The van der Waals surface area contributed by atoms with Crippen molar-refractivity contribution in [1.82, 2.24) is 9.80 Å². The average Bonchev–Trinajstić information content (AvgIpc) is 3.41. The molecule has 0 saturated carbocycles. The number of carbonyl (C=O) groups is 6. The zero-order chi connectivity index (χ0) is 29.7. The first kappa shape index (κ1) is 26.6. The van der Waals surface area contributed by atoms with Crippen LogP contribution in [0, 0.1) is 0 Å². The number of amides is 4. The van der Waals surface area contributed by atoms with Gasteiger partial charge in [0.05, 0.1) is 40.5 Å². The summed E-state index contributed by atoms with van der Waals surface area (Å²) >= 11 is 0. The second kappa shape index (κ2) is 10.1. The highest BCUT2D eigenvalue weighted by Crippen LogP contribution is 2.32. The van der Waals surface area contributed by atoms with Gasteiger partial charge in [0, 0.05) is 6.54 Å². The quantitative estimate of drug-likeness (QED) is 0.251. The Kier molecular flexibility index (Phi) is 6.38. The number of esters is 2. The van der Waals surface area contributed by atoms with Crippen LogP contribution in [0.3, 0.4) is 0 Å². The summed E-state index contributed by atoms with van der Waals surface area (Å²) in [6, 6.07) is 19.2. The largest absolute Gasteiger partial charge is 0.465 e. The van der Waals surface area contributed by atoms with Gasteiger partial charge in [0.1, 0.15) is 0 Å². The topological polar surface area (TPSA) is 127 Å². The van der Waals surface area contributed by atoms with Crippen LogP contribution in [0.25, 0.3) is 21.9 Å². The van der Waals surface area contributed by atoms with Crippen LogP contribution in [-0.4, -0.2) is 65.8 Å². The lowest BCUT2D eigenvalue weighted by molar-refractivity contribution is 0.0227. The molecule has 4 aromatic carbocycles. The normalized spacial score (nSPS) is 14.0. The van der Waals surface area contributed by atoms with Crippen molar-refractivity contribution in [3.8, 4) is 11.1 Å². The van der Waals surface area contributed by atoms with Gasteiger partial charge in [-0.2, -0.15) is 0 Å². The molecule has 42 heavy (non-hydrogen) atoms. The van der Waals surface area contributed by atoms with E-state index in [0.717, 1.165) is 9.80 Å². The van der Waals surface area contributed by atoms with E-state index in [2.05, 4.69) is 0 Å². The first-order valence-electron chi connectivity index (χ1n) is 13.0. The second-order valence-corrected chi connectivity index (χ2v) is 9.74. The van der Waals surface area contributed by atoms with Crippen LogP contribution in [0.2, 0.25) is 0 Å². The van der Waals surface area contributed by atoms with Crippen LogP contribution >= 0.6 is 0 Å². The van der Waals surface area contributed by atoms with E-state index in [1.807, 2.05) is 0 Å². The number of carbonyl (C=O) groups excluding carboxylic acids is 6. The fourth-order valence-corrected chi connectivity index (χ4v) is 5.17. The van der Waals surface area contributed by atoms with E-state index in [1.54, 1.807) is 67.6 Å². The standard InChI is InChI=1S/C32H22N2O8/c1-3-33-27(35)23-10-8-19(14-25(23)29(33)37)20-9-11-24-26(15-20)30(38)34(28(24)36)16-42-32(40)22-7-5-17-12-21(31(39)41-2)6-4-18(17)13-22/h4-15H,3,16H2,1-2H3. The Bertz CT molecular complexity index is 1890. The van der Waals surface area contributed by atoms with Gasteiger partial charge in [0.15, 0.2) is 6.73 Å². The molecule has 0 fully saturated rings.